The maximum Gasteiger partial charge on any atom is 0.338 e. The standard InChI is InChI=1S/C11H11F2NO2/c12-9-7(11(15)16)4-5-8(10(9)13)14-6-2-1-3-6/h4-6,14H,1-3H2,(H,15,16). The molecule has 0 atom stereocenters. The molecule has 1 aliphatic rings. The molecule has 16 heavy (non-hydrogen) atoms. The van der Waals surface area contributed by atoms with E-state index < -0.39 is 23.2 Å². The van der Waals surface area contributed by atoms with E-state index in [0.717, 1.165) is 25.3 Å². The minimum Gasteiger partial charge on any atom is -0.478 e. The van der Waals surface area contributed by atoms with Crippen LogP contribution in [0.5, 0.6) is 0 Å². The van der Waals surface area contributed by atoms with Gasteiger partial charge in [0, 0.05) is 6.04 Å². The van der Waals surface area contributed by atoms with Gasteiger partial charge in [0.1, 0.15) is 0 Å². The number of carboxylic acids is 1. The summed E-state index contributed by atoms with van der Waals surface area (Å²) in [5, 5.41) is 11.4. The lowest BCUT2D eigenvalue weighted by Gasteiger charge is -2.27. The Bertz CT molecular complexity index is 430. The minimum absolute atomic E-state index is 0.0344. The summed E-state index contributed by atoms with van der Waals surface area (Å²) in [5.74, 6) is -3.89. The van der Waals surface area contributed by atoms with Crippen molar-refractivity contribution >= 4 is 11.7 Å². The van der Waals surface area contributed by atoms with Crippen molar-refractivity contribution in [3.05, 3.63) is 29.3 Å². The van der Waals surface area contributed by atoms with Crippen LogP contribution in [0.1, 0.15) is 29.6 Å². The fourth-order valence-corrected chi connectivity index (χ4v) is 1.60. The molecule has 1 aliphatic carbocycles. The quantitative estimate of drug-likeness (QED) is 0.834. The molecule has 2 N–H and O–H groups in total. The second-order valence-corrected chi connectivity index (χ2v) is 3.87. The van der Waals surface area contributed by atoms with Crippen LogP contribution in [0.2, 0.25) is 0 Å². The van der Waals surface area contributed by atoms with Gasteiger partial charge < -0.3 is 10.4 Å². The van der Waals surface area contributed by atoms with Crippen molar-refractivity contribution in [3.8, 4) is 0 Å². The van der Waals surface area contributed by atoms with Crippen molar-refractivity contribution in [3.63, 3.8) is 0 Å². The van der Waals surface area contributed by atoms with Crippen molar-refractivity contribution in [1.82, 2.24) is 0 Å². The van der Waals surface area contributed by atoms with Gasteiger partial charge in [0.25, 0.3) is 0 Å². The molecule has 0 spiro atoms. The molecule has 0 bridgehead atoms. The number of hydrogen-bond donors (Lipinski definition) is 2. The van der Waals surface area contributed by atoms with E-state index in [1.165, 1.54) is 6.07 Å². The maximum absolute atomic E-state index is 13.4. The van der Waals surface area contributed by atoms with E-state index >= 15 is 0 Å². The van der Waals surface area contributed by atoms with E-state index in [4.69, 9.17) is 5.11 Å². The third-order valence-corrected chi connectivity index (χ3v) is 2.78. The third kappa shape index (κ3) is 1.85. The Hall–Kier alpha value is -1.65. The first-order valence-electron chi connectivity index (χ1n) is 5.07. The van der Waals surface area contributed by atoms with E-state index in [-0.39, 0.29) is 11.7 Å². The number of carbonyl (C=O) groups is 1. The molecule has 0 aromatic heterocycles. The number of benzene rings is 1. The van der Waals surface area contributed by atoms with Gasteiger partial charge in [-0.15, -0.1) is 0 Å². The van der Waals surface area contributed by atoms with Crippen LogP contribution in [0.15, 0.2) is 12.1 Å². The van der Waals surface area contributed by atoms with Crippen molar-refractivity contribution in [2.24, 2.45) is 0 Å². The molecule has 5 heteroatoms. The van der Waals surface area contributed by atoms with E-state index in [0.29, 0.717) is 0 Å². The summed E-state index contributed by atoms with van der Waals surface area (Å²) in [6.45, 7) is 0. The molecule has 3 nitrogen and oxygen atoms in total. The number of rotatable bonds is 3. The molecule has 0 unspecified atom stereocenters. The zero-order valence-corrected chi connectivity index (χ0v) is 8.46. The molecular formula is C11H11F2NO2. The van der Waals surface area contributed by atoms with Gasteiger partial charge in [0.05, 0.1) is 11.3 Å². The lowest BCUT2D eigenvalue weighted by Crippen LogP contribution is -2.27. The topological polar surface area (TPSA) is 49.3 Å². The normalized spacial score (nSPS) is 15.6. The molecule has 0 heterocycles. The summed E-state index contributed by atoms with van der Waals surface area (Å²) >= 11 is 0. The van der Waals surface area contributed by atoms with Crippen LogP contribution in [0, 0.1) is 11.6 Å². The SMILES string of the molecule is O=C(O)c1ccc(NC2CCC2)c(F)c1F. The molecule has 0 radical (unpaired) electrons. The number of hydrogen-bond acceptors (Lipinski definition) is 2. The number of nitrogens with one attached hydrogen (secondary N) is 1. The minimum atomic E-state index is -1.47. The van der Waals surface area contributed by atoms with Gasteiger partial charge in [-0.3, -0.25) is 0 Å². The lowest BCUT2D eigenvalue weighted by molar-refractivity contribution is 0.0690. The Morgan fingerprint density at radius 3 is 2.50 bits per heavy atom. The molecule has 1 aromatic carbocycles. The van der Waals surface area contributed by atoms with E-state index in [1.54, 1.807) is 0 Å². The van der Waals surface area contributed by atoms with Gasteiger partial charge in [-0.1, -0.05) is 0 Å². The van der Waals surface area contributed by atoms with Gasteiger partial charge in [-0.25, -0.2) is 13.6 Å². The van der Waals surface area contributed by atoms with Gasteiger partial charge in [-0.2, -0.15) is 0 Å². The Morgan fingerprint density at radius 1 is 1.31 bits per heavy atom. The highest BCUT2D eigenvalue weighted by Crippen LogP contribution is 2.26. The number of aromatic carboxylic acids is 1. The highest BCUT2D eigenvalue weighted by atomic mass is 19.2. The fourth-order valence-electron chi connectivity index (χ4n) is 1.60. The number of anilines is 1. The van der Waals surface area contributed by atoms with Gasteiger partial charge >= 0.3 is 5.97 Å². The lowest BCUT2D eigenvalue weighted by atomic mass is 9.93. The highest BCUT2D eigenvalue weighted by Gasteiger charge is 2.22. The van der Waals surface area contributed by atoms with Crippen molar-refractivity contribution in [1.29, 1.82) is 0 Å². The summed E-state index contributed by atoms with van der Waals surface area (Å²) < 4.78 is 26.7. The predicted molar refractivity (Wildman–Crippen MR) is 54.6 cm³/mol. The van der Waals surface area contributed by atoms with Crippen molar-refractivity contribution < 1.29 is 18.7 Å². The average molecular weight is 227 g/mol. The van der Waals surface area contributed by atoms with Crippen molar-refractivity contribution in [2.75, 3.05) is 5.32 Å². The first-order valence-corrected chi connectivity index (χ1v) is 5.07. The summed E-state index contributed by atoms with van der Waals surface area (Å²) in [6.07, 6.45) is 2.94. The Balaban J connectivity index is 2.26. The van der Waals surface area contributed by atoms with E-state index in [2.05, 4.69) is 5.32 Å². The highest BCUT2D eigenvalue weighted by molar-refractivity contribution is 5.88. The summed E-state index contributed by atoms with van der Waals surface area (Å²) in [5.41, 5.74) is -0.608. The van der Waals surface area contributed by atoms with Crippen LogP contribution in [-0.2, 0) is 0 Å². The molecule has 0 aliphatic heterocycles. The average Bonchev–Trinajstić information content (AvgIpc) is 2.17. The zero-order valence-electron chi connectivity index (χ0n) is 8.46. The van der Waals surface area contributed by atoms with Gasteiger partial charge in [0.2, 0.25) is 0 Å². The Kier molecular flexibility index (Phi) is 2.77. The van der Waals surface area contributed by atoms with Crippen LogP contribution in [0.4, 0.5) is 14.5 Å². The second-order valence-electron chi connectivity index (χ2n) is 3.87. The first-order chi connectivity index (χ1) is 7.59. The molecule has 86 valence electrons. The summed E-state index contributed by atoms with van der Waals surface area (Å²) in [7, 11) is 0. The van der Waals surface area contributed by atoms with Gasteiger partial charge in [0.15, 0.2) is 11.6 Å². The van der Waals surface area contributed by atoms with Crippen LogP contribution >= 0.6 is 0 Å². The fraction of sp³-hybridized carbons (Fsp3) is 0.364. The summed E-state index contributed by atoms with van der Waals surface area (Å²) in [4.78, 5) is 10.5. The monoisotopic (exact) mass is 227 g/mol. The maximum atomic E-state index is 13.4. The largest absolute Gasteiger partial charge is 0.478 e. The van der Waals surface area contributed by atoms with Crippen LogP contribution in [-0.4, -0.2) is 17.1 Å². The van der Waals surface area contributed by atoms with Crippen LogP contribution in [0.25, 0.3) is 0 Å². The molecular weight excluding hydrogens is 216 g/mol. The first kappa shape index (κ1) is 10.9. The number of carboxylic acid groups (broad SMARTS) is 1. The Labute approximate surface area is 91.1 Å². The van der Waals surface area contributed by atoms with E-state index in [1.807, 2.05) is 0 Å². The van der Waals surface area contributed by atoms with Crippen molar-refractivity contribution in [2.45, 2.75) is 25.3 Å². The Morgan fingerprint density at radius 2 is 2.00 bits per heavy atom. The number of halogens is 2. The van der Waals surface area contributed by atoms with E-state index in [9.17, 15) is 13.6 Å². The molecule has 1 aromatic rings. The smallest absolute Gasteiger partial charge is 0.338 e. The second kappa shape index (κ2) is 4.08. The molecule has 0 amide bonds. The van der Waals surface area contributed by atoms with Crippen LogP contribution in [0.3, 0.4) is 0 Å². The third-order valence-electron chi connectivity index (χ3n) is 2.78. The summed E-state index contributed by atoms with van der Waals surface area (Å²) in [6, 6.07) is 2.51. The predicted octanol–water partition coefficient (Wildman–Crippen LogP) is 2.63. The molecule has 1 saturated carbocycles. The van der Waals surface area contributed by atoms with Gasteiger partial charge in [-0.05, 0) is 31.4 Å². The zero-order chi connectivity index (χ0) is 11.7. The molecule has 2 rings (SSSR count). The van der Waals surface area contributed by atoms with Crippen LogP contribution < -0.4 is 5.32 Å². The molecule has 0 saturated heterocycles. The molecule has 1 fully saturated rings.